The molecular formula is C19H21N3O2. The number of fused-ring (bicyclic) bond motifs is 1. The molecule has 0 aliphatic carbocycles. The van der Waals surface area contributed by atoms with Crippen LogP contribution in [-0.4, -0.2) is 18.4 Å². The Balaban J connectivity index is 1.62. The molecule has 3 N–H and O–H groups in total. The number of hydrogen-bond acceptors (Lipinski definition) is 3. The van der Waals surface area contributed by atoms with E-state index in [2.05, 4.69) is 22.0 Å². The SMILES string of the molecule is CC(=O)c1cccc(NC(=O)NCc2cccc3c2CCCN3)c1. The summed E-state index contributed by atoms with van der Waals surface area (Å²) in [4.78, 5) is 23.5. The standard InChI is InChI=1S/C19H21N3O2/c1-13(23)14-5-2-7-16(11-14)22-19(24)21-12-15-6-3-9-18-17(15)8-4-10-20-18/h2-3,5-7,9,11,20H,4,8,10,12H2,1H3,(H2,21,22,24). The van der Waals surface area contributed by atoms with Gasteiger partial charge in [0.05, 0.1) is 0 Å². The molecule has 0 aromatic heterocycles. The van der Waals surface area contributed by atoms with Gasteiger partial charge in [0, 0.05) is 30.0 Å². The smallest absolute Gasteiger partial charge is 0.319 e. The predicted molar refractivity (Wildman–Crippen MR) is 95.6 cm³/mol. The van der Waals surface area contributed by atoms with E-state index in [1.54, 1.807) is 24.3 Å². The van der Waals surface area contributed by atoms with E-state index in [1.807, 2.05) is 12.1 Å². The fourth-order valence-corrected chi connectivity index (χ4v) is 2.92. The topological polar surface area (TPSA) is 70.2 Å². The van der Waals surface area contributed by atoms with Gasteiger partial charge in [-0.05, 0) is 49.1 Å². The third kappa shape index (κ3) is 3.74. The minimum Gasteiger partial charge on any atom is -0.385 e. The van der Waals surface area contributed by atoms with Crippen molar-refractivity contribution in [1.29, 1.82) is 0 Å². The molecule has 0 fully saturated rings. The fraction of sp³-hybridized carbons (Fsp3) is 0.263. The van der Waals surface area contributed by atoms with Gasteiger partial charge in [-0.2, -0.15) is 0 Å². The van der Waals surface area contributed by atoms with Gasteiger partial charge in [0.1, 0.15) is 0 Å². The molecule has 0 saturated carbocycles. The number of rotatable bonds is 4. The van der Waals surface area contributed by atoms with E-state index in [9.17, 15) is 9.59 Å². The first kappa shape index (κ1) is 16.1. The zero-order valence-electron chi connectivity index (χ0n) is 13.7. The number of urea groups is 1. The molecule has 3 rings (SSSR count). The van der Waals surface area contributed by atoms with Crippen LogP contribution in [0.3, 0.4) is 0 Å². The number of nitrogens with one attached hydrogen (secondary N) is 3. The van der Waals surface area contributed by atoms with Crippen molar-refractivity contribution in [2.45, 2.75) is 26.3 Å². The van der Waals surface area contributed by atoms with Crippen molar-refractivity contribution in [1.82, 2.24) is 5.32 Å². The summed E-state index contributed by atoms with van der Waals surface area (Å²) >= 11 is 0. The van der Waals surface area contributed by atoms with Crippen molar-refractivity contribution in [2.75, 3.05) is 17.2 Å². The molecule has 2 aromatic rings. The average Bonchev–Trinajstić information content (AvgIpc) is 2.60. The molecule has 1 aliphatic heterocycles. The van der Waals surface area contributed by atoms with E-state index >= 15 is 0 Å². The van der Waals surface area contributed by atoms with Gasteiger partial charge in [-0.15, -0.1) is 0 Å². The molecule has 124 valence electrons. The van der Waals surface area contributed by atoms with Crippen LogP contribution in [0, 0.1) is 0 Å². The molecule has 0 spiro atoms. The normalized spacial score (nSPS) is 12.7. The molecule has 0 radical (unpaired) electrons. The molecule has 5 nitrogen and oxygen atoms in total. The second-order valence-electron chi connectivity index (χ2n) is 5.92. The van der Waals surface area contributed by atoms with Gasteiger partial charge in [0.25, 0.3) is 0 Å². The minimum absolute atomic E-state index is 0.0255. The second-order valence-corrected chi connectivity index (χ2v) is 5.92. The van der Waals surface area contributed by atoms with E-state index < -0.39 is 0 Å². The van der Waals surface area contributed by atoms with Gasteiger partial charge < -0.3 is 16.0 Å². The zero-order valence-corrected chi connectivity index (χ0v) is 13.7. The van der Waals surface area contributed by atoms with E-state index in [1.165, 1.54) is 12.5 Å². The first-order chi connectivity index (χ1) is 11.6. The molecule has 0 atom stereocenters. The summed E-state index contributed by atoms with van der Waals surface area (Å²) in [5.41, 5.74) is 4.76. The first-order valence-electron chi connectivity index (χ1n) is 8.14. The highest BCUT2D eigenvalue weighted by molar-refractivity contribution is 5.96. The van der Waals surface area contributed by atoms with Crippen LogP contribution in [0.5, 0.6) is 0 Å². The van der Waals surface area contributed by atoms with Crippen LogP contribution in [0.1, 0.15) is 34.8 Å². The number of hydrogen-bond donors (Lipinski definition) is 3. The van der Waals surface area contributed by atoms with Gasteiger partial charge in [0.15, 0.2) is 5.78 Å². The van der Waals surface area contributed by atoms with E-state index in [-0.39, 0.29) is 11.8 Å². The number of benzene rings is 2. The highest BCUT2D eigenvalue weighted by Gasteiger charge is 2.13. The Morgan fingerprint density at radius 2 is 2.00 bits per heavy atom. The monoisotopic (exact) mass is 323 g/mol. The minimum atomic E-state index is -0.280. The van der Waals surface area contributed by atoms with Crippen molar-refractivity contribution in [3.63, 3.8) is 0 Å². The molecule has 0 saturated heterocycles. The van der Waals surface area contributed by atoms with Crippen LogP contribution in [0.15, 0.2) is 42.5 Å². The lowest BCUT2D eigenvalue weighted by atomic mass is 9.97. The lowest BCUT2D eigenvalue weighted by molar-refractivity contribution is 0.101. The maximum atomic E-state index is 12.1. The Morgan fingerprint density at radius 3 is 2.83 bits per heavy atom. The number of ketones is 1. The molecule has 1 aliphatic rings. The first-order valence-corrected chi connectivity index (χ1v) is 8.14. The quantitative estimate of drug-likeness (QED) is 0.753. The van der Waals surface area contributed by atoms with Crippen molar-refractivity contribution in [2.24, 2.45) is 0 Å². The van der Waals surface area contributed by atoms with E-state index in [4.69, 9.17) is 0 Å². The van der Waals surface area contributed by atoms with Gasteiger partial charge in [0.2, 0.25) is 0 Å². The number of Topliss-reactive ketones (excluding diaryl/α,β-unsaturated/α-hetero) is 1. The summed E-state index contributed by atoms with van der Waals surface area (Å²) < 4.78 is 0. The highest BCUT2D eigenvalue weighted by Crippen LogP contribution is 2.25. The number of anilines is 2. The third-order valence-corrected chi connectivity index (χ3v) is 4.16. The van der Waals surface area contributed by atoms with E-state index in [0.717, 1.165) is 30.6 Å². The Bertz CT molecular complexity index is 771. The lowest BCUT2D eigenvalue weighted by Crippen LogP contribution is -2.29. The van der Waals surface area contributed by atoms with Crippen molar-refractivity contribution >= 4 is 23.2 Å². The van der Waals surface area contributed by atoms with Crippen molar-refractivity contribution in [3.05, 3.63) is 59.2 Å². The molecule has 1 heterocycles. The van der Waals surface area contributed by atoms with E-state index in [0.29, 0.717) is 17.8 Å². The summed E-state index contributed by atoms with van der Waals surface area (Å²) in [6, 6.07) is 12.8. The Hall–Kier alpha value is -2.82. The number of carbonyl (C=O) groups excluding carboxylic acids is 2. The second kappa shape index (κ2) is 7.17. The third-order valence-electron chi connectivity index (χ3n) is 4.16. The van der Waals surface area contributed by atoms with Gasteiger partial charge in [-0.3, -0.25) is 4.79 Å². The number of carbonyl (C=O) groups is 2. The van der Waals surface area contributed by atoms with Crippen molar-refractivity contribution in [3.8, 4) is 0 Å². The summed E-state index contributed by atoms with van der Waals surface area (Å²) in [5.74, 6) is -0.0255. The largest absolute Gasteiger partial charge is 0.385 e. The summed E-state index contributed by atoms with van der Waals surface area (Å²) in [5, 5.41) is 9.04. The zero-order chi connectivity index (χ0) is 16.9. The summed E-state index contributed by atoms with van der Waals surface area (Å²) in [6.07, 6.45) is 2.14. The molecule has 0 bridgehead atoms. The van der Waals surface area contributed by atoms with Crippen LogP contribution in [0.4, 0.5) is 16.2 Å². The van der Waals surface area contributed by atoms with Crippen LogP contribution >= 0.6 is 0 Å². The average molecular weight is 323 g/mol. The highest BCUT2D eigenvalue weighted by atomic mass is 16.2. The molecule has 24 heavy (non-hydrogen) atoms. The predicted octanol–water partition coefficient (Wildman–Crippen LogP) is 3.57. The number of amides is 2. The molecule has 2 amide bonds. The Kier molecular flexibility index (Phi) is 4.79. The maximum absolute atomic E-state index is 12.1. The lowest BCUT2D eigenvalue weighted by Gasteiger charge is -2.21. The molecule has 2 aromatic carbocycles. The maximum Gasteiger partial charge on any atom is 0.319 e. The summed E-state index contributed by atoms with van der Waals surface area (Å²) in [7, 11) is 0. The molecular weight excluding hydrogens is 302 g/mol. The fourth-order valence-electron chi connectivity index (χ4n) is 2.92. The molecule has 5 heteroatoms. The van der Waals surface area contributed by atoms with Gasteiger partial charge in [-0.1, -0.05) is 24.3 Å². The van der Waals surface area contributed by atoms with Gasteiger partial charge >= 0.3 is 6.03 Å². The van der Waals surface area contributed by atoms with Gasteiger partial charge in [-0.25, -0.2) is 4.79 Å². The summed E-state index contributed by atoms with van der Waals surface area (Å²) in [6.45, 7) is 2.98. The van der Waals surface area contributed by atoms with Crippen LogP contribution in [-0.2, 0) is 13.0 Å². The van der Waals surface area contributed by atoms with Crippen LogP contribution in [0.25, 0.3) is 0 Å². The molecule has 0 unspecified atom stereocenters. The Labute approximate surface area is 141 Å². The van der Waals surface area contributed by atoms with Crippen molar-refractivity contribution < 1.29 is 9.59 Å². The van der Waals surface area contributed by atoms with Crippen LogP contribution in [0.2, 0.25) is 0 Å². The van der Waals surface area contributed by atoms with Crippen LogP contribution < -0.4 is 16.0 Å². The Morgan fingerprint density at radius 1 is 1.17 bits per heavy atom.